The van der Waals surface area contributed by atoms with Gasteiger partial charge in [-0.15, -0.1) is 0 Å². The Morgan fingerprint density at radius 1 is 1.33 bits per heavy atom. The van der Waals surface area contributed by atoms with Crippen LogP contribution in [0.5, 0.6) is 0 Å². The van der Waals surface area contributed by atoms with Crippen LogP contribution in [0, 0.1) is 0 Å². The third-order valence-corrected chi connectivity index (χ3v) is 2.44. The average molecular weight is 215 g/mol. The van der Waals surface area contributed by atoms with E-state index in [1.54, 1.807) is 12.1 Å². The minimum atomic E-state index is -4.50. The molecule has 1 atom stereocenters. The Labute approximate surface area is 84.3 Å². The van der Waals surface area contributed by atoms with E-state index < -0.39 is 12.3 Å². The topological polar surface area (TPSA) is 20.3 Å². The predicted octanol–water partition coefficient (Wildman–Crippen LogP) is 2.14. The first-order valence-corrected chi connectivity index (χ1v) is 4.43. The van der Waals surface area contributed by atoms with Gasteiger partial charge >= 0.3 is 6.30 Å². The quantitative estimate of drug-likeness (QED) is 0.528. The van der Waals surface area contributed by atoms with E-state index in [1.807, 2.05) is 0 Å². The molecule has 0 spiro atoms. The molecule has 0 saturated carbocycles. The highest BCUT2D eigenvalue weighted by Gasteiger charge is 2.46. The van der Waals surface area contributed by atoms with E-state index in [-0.39, 0.29) is 17.0 Å². The summed E-state index contributed by atoms with van der Waals surface area (Å²) in [6.45, 7) is 0. The SMILES string of the molecule is O=CC1Cc2ccccc2N1C(F)(F)F. The van der Waals surface area contributed by atoms with Crippen LogP contribution in [0.25, 0.3) is 0 Å². The van der Waals surface area contributed by atoms with Crippen molar-refractivity contribution in [2.75, 3.05) is 4.90 Å². The molecule has 0 aromatic heterocycles. The highest BCUT2D eigenvalue weighted by atomic mass is 19.4. The van der Waals surface area contributed by atoms with Gasteiger partial charge in [0.25, 0.3) is 0 Å². The smallest absolute Gasteiger partial charge is 0.301 e. The predicted molar refractivity (Wildman–Crippen MR) is 48.5 cm³/mol. The van der Waals surface area contributed by atoms with Crippen LogP contribution in [-0.4, -0.2) is 18.6 Å². The molecular formula is C10H8F3NO. The fourth-order valence-electron chi connectivity index (χ4n) is 1.85. The number of fused-ring (bicyclic) bond motifs is 1. The molecular weight excluding hydrogens is 207 g/mol. The Balaban J connectivity index is 2.47. The summed E-state index contributed by atoms with van der Waals surface area (Å²) in [7, 11) is 0. The number of alkyl halides is 3. The second-order valence-electron chi connectivity index (χ2n) is 3.37. The Bertz CT molecular complexity index is 388. The first-order chi connectivity index (χ1) is 7.04. The van der Waals surface area contributed by atoms with Crippen molar-refractivity contribution >= 4 is 12.0 Å². The molecule has 0 bridgehead atoms. The molecule has 0 aliphatic carbocycles. The van der Waals surface area contributed by atoms with Gasteiger partial charge in [0.15, 0.2) is 0 Å². The summed E-state index contributed by atoms with van der Waals surface area (Å²) in [5.74, 6) is 0. The Kier molecular flexibility index (Phi) is 2.17. The molecule has 1 aliphatic rings. The van der Waals surface area contributed by atoms with Crippen molar-refractivity contribution in [3.05, 3.63) is 29.8 Å². The summed E-state index contributed by atoms with van der Waals surface area (Å²) in [6.07, 6.45) is -4.04. The molecule has 5 heteroatoms. The Hall–Kier alpha value is -1.52. The van der Waals surface area contributed by atoms with Crippen LogP contribution in [0.4, 0.5) is 18.9 Å². The van der Waals surface area contributed by atoms with Gasteiger partial charge in [0.05, 0.1) is 6.04 Å². The number of rotatable bonds is 1. The molecule has 1 unspecified atom stereocenters. The minimum absolute atomic E-state index is 0.0853. The van der Waals surface area contributed by atoms with E-state index in [4.69, 9.17) is 0 Å². The minimum Gasteiger partial charge on any atom is -0.301 e. The highest BCUT2D eigenvalue weighted by molar-refractivity contribution is 5.73. The van der Waals surface area contributed by atoms with Crippen LogP contribution in [-0.2, 0) is 11.2 Å². The van der Waals surface area contributed by atoms with E-state index in [9.17, 15) is 18.0 Å². The molecule has 0 amide bonds. The summed E-state index contributed by atoms with van der Waals surface area (Å²) in [5, 5.41) is 0. The highest BCUT2D eigenvalue weighted by Crippen LogP contribution is 2.38. The first-order valence-electron chi connectivity index (χ1n) is 4.43. The lowest BCUT2D eigenvalue weighted by molar-refractivity contribution is -0.138. The largest absolute Gasteiger partial charge is 0.485 e. The summed E-state index contributed by atoms with van der Waals surface area (Å²) >= 11 is 0. The third kappa shape index (κ3) is 1.58. The van der Waals surface area contributed by atoms with E-state index in [0.717, 1.165) is 0 Å². The number of carbonyl (C=O) groups is 1. The summed E-state index contributed by atoms with van der Waals surface area (Å²) in [5.41, 5.74) is 0.647. The summed E-state index contributed by atoms with van der Waals surface area (Å²) in [6, 6.07) is 5.07. The van der Waals surface area contributed by atoms with Crippen LogP contribution in [0.15, 0.2) is 24.3 Å². The average Bonchev–Trinajstić information content (AvgIpc) is 2.54. The number of hydrogen-bond acceptors (Lipinski definition) is 2. The molecule has 1 heterocycles. The van der Waals surface area contributed by atoms with Gasteiger partial charge in [0.1, 0.15) is 6.29 Å². The number of carbonyl (C=O) groups excluding carboxylic acids is 1. The molecule has 15 heavy (non-hydrogen) atoms. The zero-order chi connectivity index (χ0) is 11.1. The van der Waals surface area contributed by atoms with Crippen molar-refractivity contribution in [2.24, 2.45) is 0 Å². The lowest BCUT2D eigenvalue weighted by Gasteiger charge is -2.25. The van der Waals surface area contributed by atoms with E-state index >= 15 is 0 Å². The van der Waals surface area contributed by atoms with Crippen molar-refractivity contribution < 1.29 is 18.0 Å². The zero-order valence-electron chi connectivity index (χ0n) is 7.66. The summed E-state index contributed by atoms with van der Waals surface area (Å²) < 4.78 is 37.9. The van der Waals surface area contributed by atoms with Gasteiger partial charge in [0, 0.05) is 12.1 Å². The fourth-order valence-corrected chi connectivity index (χ4v) is 1.85. The molecule has 2 rings (SSSR count). The summed E-state index contributed by atoms with van der Waals surface area (Å²) in [4.78, 5) is 10.8. The molecule has 1 aromatic carbocycles. The van der Waals surface area contributed by atoms with Crippen LogP contribution in [0.1, 0.15) is 5.56 Å². The number of anilines is 1. The van der Waals surface area contributed by atoms with Gasteiger partial charge in [0.2, 0.25) is 0 Å². The molecule has 80 valence electrons. The van der Waals surface area contributed by atoms with Crippen LogP contribution >= 0.6 is 0 Å². The standard InChI is InChI=1S/C10H8F3NO/c11-10(12,13)14-8(6-15)5-7-3-1-2-4-9(7)14/h1-4,6,8H,5H2. The van der Waals surface area contributed by atoms with Crippen molar-refractivity contribution in [3.8, 4) is 0 Å². The molecule has 0 fully saturated rings. The molecule has 2 nitrogen and oxygen atoms in total. The van der Waals surface area contributed by atoms with Gasteiger partial charge in [-0.3, -0.25) is 4.90 Å². The van der Waals surface area contributed by atoms with Gasteiger partial charge in [-0.1, -0.05) is 18.2 Å². The van der Waals surface area contributed by atoms with Crippen LogP contribution in [0.3, 0.4) is 0 Å². The molecule has 0 radical (unpaired) electrons. The fraction of sp³-hybridized carbons (Fsp3) is 0.300. The number of nitrogens with zero attached hydrogens (tertiary/aromatic N) is 1. The first kappa shape index (κ1) is 10.0. The van der Waals surface area contributed by atoms with Crippen molar-refractivity contribution in [1.29, 1.82) is 0 Å². The number of halogens is 3. The molecule has 0 saturated heterocycles. The maximum atomic E-state index is 12.6. The normalized spacial score (nSPS) is 20.2. The van der Waals surface area contributed by atoms with Gasteiger partial charge in [-0.25, -0.2) is 0 Å². The van der Waals surface area contributed by atoms with Gasteiger partial charge in [-0.05, 0) is 11.6 Å². The Morgan fingerprint density at radius 3 is 2.60 bits per heavy atom. The lowest BCUT2D eigenvalue weighted by atomic mass is 10.1. The molecule has 1 aromatic rings. The number of hydrogen-bond donors (Lipinski definition) is 0. The van der Waals surface area contributed by atoms with Crippen molar-refractivity contribution in [2.45, 2.75) is 18.8 Å². The maximum absolute atomic E-state index is 12.6. The third-order valence-electron chi connectivity index (χ3n) is 2.44. The van der Waals surface area contributed by atoms with Gasteiger partial charge in [-0.2, -0.15) is 13.2 Å². The lowest BCUT2D eigenvalue weighted by Crippen LogP contribution is -2.44. The second kappa shape index (κ2) is 3.25. The second-order valence-corrected chi connectivity index (χ2v) is 3.37. The zero-order valence-corrected chi connectivity index (χ0v) is 7.66. The van der Waals surface area contributed by atoms with Crippen molar-refractivity contribution in [3.63, 3.8) is 0 Å². The monoisotopic (exact) mass is 215 g/mol. The van der Waals surface area contributed by atoms with Crippen LogP contribution in [0.2, 0.25) is 0 Å². The van der Waals surface area contributed by atoms with E-state index in [0.29, 0.717) is 11.8 Å². The van der Waals surface area contributed by atoms with E-state index in [1.165, 1.54) is 12.1 Å². The Morgan fingerprint density at radius 2 is 2.00 bits per heavy atom. The number of benzene rings is 1. The molecule has 0 N–H and O–H groups in total. The number of aldehydes is 1. The number of para-hydroxylation sites is 1. The molecule has 1 aliphatic heterocycles. The maximum Gasteiger partial charge on any atom is 0.485 e. The van der Waals surface area contributed by atoms with Crippen LogP contribution < -0.4 is 4.90 Å². The van der Waals surface area contributed by atoms with Gasteiger partial charge < -0.3 is 4.79 Å². The van der Waals surface area contributed by atoms with E-state index in [2.05, 4.69) is 0 Å². The van der Waals surface area contributed by atoms with Crippen molar-refractivity contribution in [1.82, 2.24) is 0 Å².